The number of ether oxygens (including phenoxy) is 1. The van der Waals surface area contributed by atoms with Crippen LogP contribution in [-0.4, -0.2) is 25.2 Å². The first-order valence-electron chi connectivity index (χ1n) is 6.27. The predicted molar refractivity (Wildman–Crippen MR) is 75.5 cm³/mol. The van der Waals surface area contributed by atoms with Crippen LogP contribution in [0.25, 0.3) is 0 Å². The van der Waals surface area contributed by atoms with Gasteiger partial charge in [-0.25, -0.2) is 0 Å². The third-order valence-electron chi connectivity index (χ3n) is 2.76. The minimum Gasteiger partial charge on any atom is -0.385 e. The minimum absolute atomic E-state index is 0.0216. The lowest BCUT2D eigenvalue weighted by atomic mass is 10.2. The van der Waals surface area contributed by atoms with Crippen molar-refractivity contribution in [2.75, 3.05) is 20.3 Å². The van der Waals surface area contributed by atoms with Gasteiger partial charge in [-0.15, -0.1) is 0 Å². The molecule has 1 aromatic rings. The summed E-state index contributed by atoms with van der Waals surface area (Å²) in [5, 5.41) is 14.3. The van der Waals surface area contributed by atoms with E-state index in [-0.39, 0.29) is 5.69 Å². The number of nitrogens with zero attached hydrogens (tertiary/aromatic N) is 1. The molecular weight excluding hydrogens is 268 g/mol. The van der Waals surface area contributed by atoms with E-state index in [9.17, 15) is 10.1 Å². The standard InChI is InChI=1S/C13H19ClN2O3/c1-19-8-4-2-3-7-15-10-11-5-6-12(16(17)18)9-13(11)14/h5-6,9,15H,2-4,7-8,10H2,1H3. The van der Waals surface area contributed by atoms with Crippen LogP contribution >= 0.6 is 11.6 Å². The largest absolute Gasteiger partial charge is 0.385 e. The molecule has 0 unspecified atom stereocenters. The van der Waals surface area contributed by atoms with Crippen molar-refractivity contribution < 1.29 is 9.66 Å². The molecule has 0 heterocycles. The quantitative estimate of drug-likeness (QED) is 0.430. The fourth-order valence-electron chi connectivity index (χ4n) is 1.69. The number of benzene rings is 1. The molecular formula is C13H19ClN2O3. The predicted octanol–water partition coefficient (Wildman–Crippen LogP) is 3.15. The van der Waals surface area contributed by atoms with Crippen LogP contribution in [0.2, 0.25) is 5.02 Å². The highest BCUT2D eigenvalue weighted by Crippen LogP contribution is 2.22. The Kier molecular flexibility index (Phi) is 7.40. The summed E-state index contributed by atoms with van der Waals surface area (Å²) in [4.78, 5) is 10.1. The number of non-ortho nitro benzene ring substituents is 1. The average Bonchev–Trinajstić information content (AvgIpc) is 2.39. The van der Waals surface area contributed by atoms with Crippen molar-refractivity contribution in [2.45, 2.75) is 25.8 Å². The molecule has 0 saturated carbocycles. The van der Waals surface area contributed by atoms with Gasteiger partial charge in [-0.1, -0.05) is 11.6 Å². The van der Waals surface area contributed by atoms with E-state index in [4.69, 9.17) is 16.3 Å². The van der Waals surface area contributed by atoms with Crippen LogP contribution in [0.15, 0.2) is 18.2 Å². The zero-order chi connectivity index (χ0) is 14.1. The maximum absolute atomic E-state index is 10.6. The maximum atomic E-state index is 10.6. The van der Waals surface area contributed by atoms with Crippen molar-refractivity contribution in [3.05, 3.63) is 38.9 Å². The molecule has 1 N–H and O–H groups in total. The van der Waals surface area contributed by atoms with Crippen molar-refractivity contribution in [3.63, 3.8) is 0 Å². The first kappa shape index (κ1) is 15.9. The van der Waals surface area contributed by atoms with Gasteiger partial charge in [-0.3, -0.25) is 10.1 Å². The Bertz CT molecular complexity index is 413. The number of nitro benzene ring substituents is 1. The normalized spacial score (nSPS) is 10.6. The van der Waals surface area contributed by atoms with E-state index in [2.05, 4.69) is 5.32 Å². The van der Waals surface area contributed by atoms with Gasteiger partial charge in [0.2, 0.25) is 0 Å². The molecule has 106 valence electrons. The second-order valence-electron chi connectivity index (χ2n) is 4.26. The molecule has 0 amide bonds. The first-order valence-corrected chi connectivity index (χ1v) is 6.65. The molecule has 0 bridgehead atoms. The highest BCUT2D eigenvalue weighted by atomic mass is 35.5. The SMILES string of the molecule is COCCCCCNCc1ccc([N+](=O)[O-])cc1Cl. The lowest BCUT2D eigenvalue weighted by Gasteiger charge is -2.06. The number of methoxy groups -OCH3 is 1. The fourth-order valence-corrected chi connectivity index (χ4v) is 1.93. The van der Waals surface area contributed by atoms with Crippen molar-refractivity contribution >= 4 is 17.3 Å². The van der Waals surface area contributed by atoms with Crippen LogP contribution in [0.4, 0.5) is 5.69 Å². The van der Waals surface area contributed by atoms with E-state index in [0.717, 1.165) is 38.0 Å². The zero-order valence-electron chi connectivity index (χ0n) is 11.0. The number of halogens is 1. The molecule has 1 rings (SSSR count). The van der Waals surface area contributed by atoms with Gasteiger partial charge in [0, 0.05) is 32.4 Å². The van der Waals surface area contributed by atoms with E-state index < -0.39 is 4.92 Å². The molecule has 0 spiro atoms. The Morgan fingerprint density at radius 3 is 2.79 bits per heavy atom. The first-order chi connectivity index (χ1) is 9.15. The topological polar surface area (TPSA) is 64.4 Å². The minimum atomic E-state index is -0.446. The summed E-state index contributed by atoms with van der Waals surface area (Å²) in [7, 11) is 1.70. The van der Waals surface area contributed by atoms with Gasteiger partial charge >= 0.3 is 0 Å². The summed E-state index contributed by atoms with van der Waals surface area (Å²) in [6.45, 7) is 2.33. The van der Waals surface area contributed by atoms with Gasteiger partial charge in [0.1, 0.15) is 0 Å². The Hall–Kier alpha value is -1.17. The van der Waals surface area contributed by atoms with Gasteiger partial charge < -0.3 is 10.1 Å². The highest BCUT2D eigenvalue weighted by molar-refractivity contribution is 6.31. The van der Waals surface area contributed by atoms with E-state index in [1.165, 1.54) is 12.1 Å². The van der Waals surface area contributed by atoms with E-state index in [1.807, 2.05) is 0 Å². The zero-order valence-corrected chi connectivity index (χ0v) is 11.8. The third-order valence-corrected chi connectivity index (χ3v) is 3.12. The van der Waals surface area contributed by atoms with Gasteiger partial charge in [0.05, 0.1) is 9.95 Å². The molecule has 0 saturated heterocycles. The summed E-state index contributed by atoms with van der Waals surface area (Å²) in [6.07, 6.45) is 3.26. The molecule has 6 heteroatoms. The summed E-state index contributed by atoms with van der Waals surface area (Å²) in [5.41, 5.74) is 0.900. The Balaban J connectivity index is 2.28. The molecule has 19 heavy (non-hydrogen) atoms. The van der Waals surface area contributed by atoms with Gasteiger partial charge in [-0.2, -0.15) is 0 Å². The Morgan fingerprint density at radius 1 is 1.37 bits per heavy atom. The van der Waals surface area contributed by atoms with Crippen molar-refractivity contribution in [1.29, 1.82) is 0 Å². The van der Waals surface area contributed by atoms with Crippen LogP contribution in [0.1, 0.15) is 24.8 Å². The summed E-state index contributed by atoms with van der Waals surface area (Å²) in [6, 6.07) is 4.55. The van der Waals surface area contributed by atoms with Crippen LogP contribution in [-0.2, 0) is 11.3 Å². The molecule has 0 fully saturated rings. The van der Waals surface area contributed by atoms with E-state index in [0.29, 0.717) is 11.6 Å². The fraction of sp³-hybridized carbons (Fsp3) is 0.538. The smallest absolute Gasteiger partial charge is 0.270 e. The Labute approximate surface area is 118 Å². The van der Waals surface area contributed by atoms with Gasteiger partial charge in [0.25, 0.3) is 5.69 Å². The summed E-state index contributed by atoms with van der Waals surface area (Å²) >= 11 is 5.99. The second kappa shape index (κ2) is 8.85. The number of rotatable bonds is 9. The lowest BCUT2D eigenvalue weighted by Crippen LogP contribution is -2.15. The second-order valence-corrected chi connectivity index (χ2v) is 4.67. The molecule has 0 aliphatic rings. The van der Waals surface area contributed by atoms with E-state index >= 15 is 0 Å². The molecule has 0 atom stereocenters. The lowest BCUT2D eigenvalue weighted by molar-refractivity contribution is -0.384. The van der Waals surface area contributed by atoms with Gasteiger partial charge in [-0.05, 0) is 37.4 Å². The number of hydrogen-bond acceptors (Lipinski definition) is 4. The Morgan fingerprint density at radius 2 is 2.16 bits per heavy atom. The number of hydrogen-bond donors (Lipinski definition) is 1. The number of nitrogens with one attached hydrogen (secondary N) is 1. The highest BCUT2D eigenvalue weighted by Gasteiger charge is 2.08. The van der Waals surface area contributed by atoms with Crippen LogP contribution in [0.3, 0.4) is 0 Å². The summed E-state index contributed by atoms with van der Waals surface area (Å²) < 4.78 is 4.97. The van der Waals surface area contributed by atoms with E-state index in [1.54, 1.807) is 13.2 Å². The maximum Gasteiger partial charge on any atom is 0.270 e. The van der Waals surface area contributed by atoms with Crippen LogP contribution < -0.4 is 5.32 Å². The molecule has 5 nitrogen and oxygen atoms in total. The summed E-state index contributed by atoms with van der Waals surface area (Å²) in [5.74, 6) is 0. The number of nitro groups is 1. The van der Waals surface area contributed by atoms with Crippen molar-refractivity contribution in [3.8, 4) is 0 Å². The molecule has 0 radical (unpaired) electrons. The van der Waals surface area contributed by atoms with Crippen LogP contribution in [0, 0.1) is 10.1 Å². The molecule has 0 aromatic heterocycles. The molecule has 1 aromatic carbocycles. The monoisotopic (exact) mass is 286 g/mol. The van der Waals surface area contributed by atoms with Crippen LogP contribution in [0.5, 0.6) is 0 Å². The molecule has 0 aliphatic carbocycles. The third kappa shape index (κ3) is 6.00. The average molecular weight is 287 g/mol. The number of unbranched alkanes of at least 4 members (excludes halogenated alkanes) is 2. The van der Waals surface area contributed by atoms with Crippen molar-refractivity contribution in [1.82, 2.24) is 5.32 Å². The van der Waals surface area contributed by atoms with Gasteiger partial charge in [0.15, 0.2) is 0 Å². The molecule has 0 aliphatic heterocycles. The van der Waals surface area contributed by atoms with Crippen molar-refractivity contribution in [2.24, 2.45) is 0 Å².